The first-order chi connectivity index (χ1) is 9.41. The summed E-state index contributed by atoms with van der Waals surface area (Å²) in [6.45, 7) is 2.15. The van der Waals surface area contributed by atoms with Crippen molar-refractivity contribution in [1.29, 1.82) is 0 Å². The second-order valence-electron chi connectivity index (χ2n) is 4.68. The first-order valence-electron chi connectivity index (χ1n) is 6.17. The van der Waals surface area contributed by atoms with E-state index in [1.165, 1.54) is 25.2 Å². The van der Waals surface area contributed by atoms with Crippen molar-refractivity contribution >= 4 is 10.0 Å². The summed E-state index contributed by atoms with van der Waals surface area (Å²) in [6.07, 6.45) is 0. The van der Waals surface area contributed by atoms with Crippen molar-refractivity contribution in [3.8, 4) is 0 Å². The van der Waals surface area contributed by atoms with Gasteiger partial charge < -0.3 is 0 Å². The average molecular weight is 293 g/mol. The molecule has 0 N–H and O–H groups in total. The number of nitrogens with zero attached hydrogens (tertiary/aromatic N) is 1. The standard InChI is InChI=1S/C15H16FNO2S/c1-12-6-5-7-13(10-12)11-17(2)20(18,19)15-9-4-3-8-14(15)16/h3-10H,11H2,1-2H3. The maximum absolute atomic E-state index is 13.6. The second-order valence-corrected chi connectivity index (χ2v) is 6.69. The molecule has 0 unspecified atom stereocenters. The van der Waals surface area contributed by atoms with E-state index in [-0.39, 0.29) is 11.4 Å². The van der Waals surface area contributed by atoms with Crippen molar-refractivity contribution in [1.82, 2.24) is 4.31 Å². The van der Waals surface area contributed by atoms with Gasteiger partial charge in [0, 0.05) is 13.6 Å². The monoisotopic (exact) mass is 293 g/mol. The van der Waals surface area contributed by atoms with Gasteiger partial charge in [0.25, 0.3) is 0 Å². The molecule has 3 nitrogen and oxygen atoms in total. The van der Waals surface area contributed by atoms with E-state index in [2.05, 4.69) is 0 Å². The summed E-state index contributed by atoms with van der Waals surface area (Å²) >= 11 is 0. The number of halogens is 1. The topological polar surface area (TPSA) is 37.4 Å². The third-order valence-electron chi connectivity index (χ3n) is 3.01. The molecule has 5 heteroatoms. The van der Waals surface area contributed by atoms with Gasteiger partial charge >= 0.3 is 0 Å². The fraction of sp³-hybridized carbons (Fsp3) is 0.200. The Hall–Kier alpha value is -1.72. The molecule has 0 bridgehead atoms. The molecule has 106 valence electrons. The molecule has 0 heterocycles. The molecule has 2 aromatic carbocycles. The van der Waals surface area contributed by atoms with Crippen molar-refractivity contribution in [3.63, 3.8) is 0 Å². The van der Waals surface area contributed by atoms with E-state index in [1.807, 2.05) is 31.2 Å². The summed E-state index contributed by atoms with van der Waals surface area (Å²) in [5.41, 5.74) is 1.92. The van der Waals surface area contributed by atoms with Crippen molar-refractivity contribution in [2.75, 3.05) is 7.05 Å². The lowest BCUT2D eigenvalue weighted by atomic mass is 10.1. The van der Waals surface area contributed by atoms with Crippen LogP contribution in [-0.2, 0) is 16.6 Å². The van der Waals surface area contributed by atoms with Gasteiger partial charge in [-0.05, 0) is 24.6 Å². The van der Waals surface area contributed by atoms with Crippen LogP contribution in [0.3, 0.4) is 0 Å². The Morgan fingerprint density at radius 1 is 1.10 bits per heavy atom. The van der Waals surface area contributed by atoms with Gasteiger partial charge in [-0.15, -0.1) is 0 Å². The molecular formula is C15H16FNO2S. The molecule has 0 saturated heterocycles. The third kappa shape index (κ3) is 3.05. The number of benzene rings is 2. The van der Waals surface area contributed by atoms with Gasteiger partial charge in [0.05, 0.1) is 0 Å². The maximum Gasteiger partial charge on any atom is 0.246 e. The van der Waals surface area contributed by atoms with Crippen molar-refractivity contribution in [2.45, 2.75) is 18.4 Å². The lowest BCUT2D eigenvalue weighted by molar-refractivity contribution is 0.460. The zero-order chi connectivity index (χ0) is 14.8. The molecule has 20 heavy (non-hydrogen) atoms. The first-order valence-corrected chi connectivity index (χ1v) is 7.61. The Morgan fingerprint density at radius 2 is 1.80 bits per heavy atom. The summed E-state index contributed by atoms with van der Waals surface area (Å²) in [5.74, 6) is -0.733. The van der Waals surface area contributed by atoms with Gasteiger partial charge in [-0.25, -0.2) is 12.8 Å². The highest BCUT2D eigenvalue weighted by Gasteiger charge is 2.24. The fourth-order valence-corrected chi connectivity index (χ4v) is 3.19. The largest absolute Gasteiger partial charge is 0.246 e. The zero-order valence-electron chi connectivity index (χ0n) is 11.4. The Morgan fingerprint density at radius 3 is 2.45 bits per heavy atom. The Labute approximate surface area is 118 Å². The summed E-state index contributed by atoms with van der Waals surface area (Å²) in [6, 6.07) is 13.0. The smallest absolute Gasteiger partial charge is 0.207 e. The van der Waals surface area contributed by atoms with Crippen LogP contribution in [0.5, 0.6) is 0 Å². The predicted molar refractivity (Wildman–Crippen MR) is 76.2 cm³/mol. The molecule has 2 aromatic rings. The molecule has 0 fully saturated rings. The van der Waals surface area contributed by atoms with E-state index in [9.17, 15) is 12.8 Å². The maximum atomic E-state index is 13.6. The number of sulfonamides is 1. The summed E-state index contributed by atoms with van der Waals surface area (Å²) in [7, 11) is -2.37. The fourth-order valence-electron chi connectivity index (χ4n) is 1.97. The lowest BCUT2D eigenvalue weighted by Crippen LogP contribution is -2.27. The number of aryl methyl sites for hydroxylation is 1. The summed E-state index contributed by atoms with van der Waals surface area (Å²) in [4.78, 5) is -0.296. The normalized spacial score (nSPS) is 11.8. The van der Waals surface area contributed by atoms with E-state index >= 15 is 0 Å². The van der Waals surface area contributed by atoms with E-state index in [0.29, 0.717) is 0 Å². The molecule has 0 aliphatic rings. The van der Waals surface area contributed by atoms with E-state index in [4.69, 9.17) is 0 Å². The molecule has 0 saturated carbocycles. The minimum atomic E-state index is -3.82. The van der Waals surface area contributed by atoms with E-state index in [0.717, 1.165) is 21.5 Å². The Bertz CT molecular complexity index is 713. The van der Waals surface area contributed by atoms with Gasteiger partial charge in [-0.1, -0.05) is 42.0 Å². The van der Waals surface area contributed by atoms with Crippen LogP contribution < -0.4 is 0 Å². The Kier molecular flexibility index (Phi) is 4.20. The van der Waals surface area contributed by atoms with E-state index in [1.54, 1.807) is 0 Å². The lowest BCUT2D eigenvalue weighted by Gasteiger charge is -2.17. The van der Waals surface area contributed by atoms with Crippen LogP contribution >= 0.6 is 0 Å². The van der Waals surface area contributed by atoms with Crippen LogP contribution in [0.4, 0.5) is 4.39 Å². The van der Waals surface area contributed by atoms with Crippen LogP contribution in [0.15, 0.2) is 53.4 Å². The molecular weight excluding hydrogens is 277 g/mol. The molecule has 0 radical (unpaired) electrons. The highest BCUT2D eigenvalue weighted by atomic mass is 32.2. The molecule has 0 aliphatic carbocycles. The van der Waals surface area contributed by atoms with Crippen LogP contribution in [0, 0.1) is 12.7 Å². The van der Waals surface area contributed by atoms with Gasteiger partial charge in [-0.2, -0.15) is 4.31 Å². The zero-order valence-corrected chi connectivity index (χ0v) is 12.2. The van der Waals surface area contributed by atoms with Crippen LogP contribution in [0.25, 0.3) is 0 Å². The third-order valence-corrected chi connectivity index (χ3v) is 4.85. The van der Waals surface area contributed by atoms with Gasteiger partial charge in [0.2, 0.25) is 10.0 Å². The molecule has 0 amide bonds. The van der Waals surface area contributed by atoms with Crippen LogP contribution in [0.1, 0.15) is 11.1 Å². The molecule has 0 atom stereocenters. The molecule has 0 aromatic heterocycles. The van der Waals surface area contributed by atoms with Crippen molar-refractivity contribution in [2.24, 2.45) is 0 Å². The highest BCUT2D eigenvalue weighted by molar-refractivity contribution is 7.89. The SMILES string of the molecule is Cc1cccc(CN(C)S(=O)(=O)c2ccccc2F)c1. The van der Waals surface area contributed by atoms with Crippen LogP contribution in [-0.4, -0.2) is 19.8 Å². The number of hydrogen-bond donors (Lipinski definition) is 0. The first kappa shape index (κ1) is 14.7. The number of rotatable bonds is 4. The molecule has 0 aliphatic heterocycles. The van der Waals surface area contributed by atoms with Gasteiger partial charge in [0.15, 0.2) is 0 Å². The van der Waals surface area contributed by atoms with E-state index < -0.39 is 15.8 Å². The van der Waals surface area contributed by atoms with Gasteiger partial charge in [-0.3, -0.25) is 0 Å². The average Bonchev–Trinajstić information content (AvgIpc) is 2.39. The second kappa shape index (κ2) is 5.73. The quantitative estimate of drug-likeness (QED) is 0.869. The predicted octanol–water partition coefficient (Wildman–Crippen LogP) is 2.95. The van der Waals surface area contributed by atoms with Crippen molar-refractivity contribution in [3.05, 3.63) is 65.5 Å². The molecule has 0 spiro atoms. The Balaban J connectivity index is 2.29. The minimum Gasteiger partial charge on any atom is -0.207 e. The van der Waals surface area contributed by atoms with Crippen LogP contribution in [0.2, 0.25) is 0 Å². The minimum absolute atomic E-state index is 0.207. The number of hydrogen-bond acceptors (Lipinski definition) is 2. The molecule has 2 rings (SSSR count). The summed E-state index contributed by atoms with van der Waals surface area (Å²) < 4.78 is 39.5. The summed E-state index contributed by atoms with van der Waals surface area (Å²) in [5, 5.41) is 0. The highest BCUT2D eigenvalue weighted by Crippen LogP contribution is 2.19. The van der Waals surface area contributed by atoms with Crippen molar-refractivity contribution < 1.29 is 12.8 Å². The van der Waals surface area contributed by atoms with Gasteiger partial charge in [0.1, 0.15) is 10.7 Å².